The lowest BCUT2D eigenvalue weighted by Gasteiger charge is -2.26. The molecule has 1 aromatic heterocycles. The van der Waals surface area contributed by atoms with Crippen molar-refractivity contribution in [3.05, 3.63) is 18.0 Å². The van der Waals surface area contributed by atoms with Crippen LogP contribution in [-0.2, 0) is 11.3 Å². The van der Waals surface area contributed by atoms with Crippen LogP contribution in [0.25, 0.3) is 0 Å². The summed E-state index contributed by atoms with van der Waals surface area (Å²) in [5, 5.41) is 12.5. The highest BCUT2D eigenvalue weighted by atomic mass is 16.4. The largest absolute Gasteiger partial charge is 0.480 e. The molecule has 0 spiro atoms. The fourth-order valence-corrected chi connectivity index (χ4v) is 1.98. The molecular formula is C11H15N3O3. The van der Waals surface area contributed by atoms with Gasteiger partial charge in [-0.15, -0.1) is 0 Å². The number of carbonyl (C=O) groups is 2. The van der Waals surface area contributed by atoms with Crippen molar-refractivity contribution in [3.63, 3.8) is 0 Å². The van der Waals surface area contributed by atoms with Gasteiger partial charge in [0.2, 0.25) is 0 Å². The normalized spacial score (nSPS) is 15.9. The zero-order chi connectivity index (χ0) is 12.3. The third-order valence-electron chi connectivity index (χ3n) is 2.82. The Morgan fingerprint density at radius 2 is 2.00 bits per heavy atom. The van der Waals surface area contributed by atoms with Gasteiger partial charge in [0.15, 0.2) is 0 Å². The third-order valence-corrected chi connectivity index (χ3v) is 2.82. The lowest BCUT2D eigenvalue weighted by atomic mass is 10.1. The molecule has 0 aliphatic carbocycles. The third kappa shape index (κ3) is 2.83. The van der Waals surface area contributed by atoms with Crippen molar-refractivity contribution in [1.29, 1.82) is 0 Å². The molecule has 1 amide bonds. The second kappa shape index (κ2) is 4.99. The number of hydrogen-bond acceptors (Lipinski definition) is 3. The van der Waals surface area contributed by atoms with Crippen molar-refractivity contribution in [2.75, 3.05) is 13.1 Å². The molecule has 17 heavy (non-hydrogen) atoms. The lowest BCUT2D eigenvalue weighted by Crippen LogP contribution is -2.35. The molecule has 2 rings (SSSR count). The number of rotatable bonds is 3. The maximum atomic E-state index is 12.0. The summed E-state index contributed by atoms with van der Waals surface area (Å²) in [6.07, 6.45) is 6.16. The van der Waals surface area contributed by atoms with Gasteiger partial charge >= 0.3 is 5.97 Å². The Balaban J connectivity index is 2.03. The predicted octanol–water partition coefficient (Wildman–Crippen LogP) is 0.594. The van der Waals surface area contributed by atoms with Crippen molar-refractivity contribution in [2.24, 2.45) is 0 Å². The van der Waals surface area contributed by atoms with Gasteiger partial charge < -0.3 is 10.0 Å². The van der Waals surface area contributed by atoms with Crippen LogP contribution in [0.15, 0.2) is 12.4 Å². The number of hydrogen-bond donors (Lipinski definition) is 1. The van der Waals surface area contributed by atoms with Crippen LogP contribution in [0.2, 0.25) is 0 Å². The molecule has 1 fully saturated rings. The first-order chi connectivity index (χ1) is 8.16. The van der Waals surface area contributed by atoms with Crippen LogP contribution in [0.1, 0.15) is 29.6 Å². The number of aliphatic carboxylic acids is 1. The quantitative estimate of drug-likeness (QED) is 0.835. The molecule has 6 nitrogen and oxygen atoms in total. The molecule has 1 aliphatic heterocycles. The van der Waals surface area contributed by atoms with E-state index >= 15 is 0 Å². The Labute approximate surface area is 98.8 Å². The summed E-state index contributed by atoms with van der Waals surface area (Å²) >= 11 is 0. The van der Waals surface area contributed by atoms with Crippen molar-refractivity contribution >= 4 is 11.9 Å². The summed E-state index contributed by atoms with van der Waals surface area (Å²) < 4.78 is 1.26. The van der Waals surface area contributed by atoms with Gasteiger partial charge in [0.25, 0.3) is 5.91 Å². The van der Waals surface area contributed by atoms with E-state index in [0.717, 1.165) is 25.9 Å². The number of carbonyl (C=O) groups excluding carboxylic acids is 1. The first-order valence-electron chi connectivity index (χ1n) is 5.70. The van der Waals surface area contributed by atoms with E-state index in [4.69, 9.17) is 5.11 Å². The Kier molecular flexibility index (Phi) is 3.41. The standard InChI is InChI=1S/C11H15N3O3/c15-10(16)8-14-7-9(6-12-14)11(17)13-4-2-1-3-5-13/h6-7H,1-5,8H2,(H,15,16). The van der Waals surface area contributed by atoms with Crippen molar-refractivity contribution in [2.45, 2.75) is 25.8 Å². The molecule has 1 saturated heterocycles. The summed E-state index contributed by atoms with van der Waals surface area (Å²) in [5.74, 6) is -1.02. The molecule has 2 heterocycles. The summed E-state index contributed by atoms with van der Waals surface area (Å²) in [7, 11) is 0. The molecular weight excluding hydrogens is 222 g/mol. The Morgan fingerprint density at radius 1 is 1.29 bits per heavy atom. The maximum Gasteiger partial charge on any atom is 0.325 e. The van der Waals surface area contributed by atoms with E-state index in [2.05, 4.69) is 5.10 Å². The Bertz CT molecular complexity index is 421. The average Bonchev–Trinajstić information content (AvgIpc) is 2.77. The summed E-state index contributed by atoms with van der Waals surface area (Å²) in [5.41, 5.74) is 0.466. The van der Waals surface area contributed by atoms with Crippen molar-refractivity contribution in [3.8, 4) is 0 Å². The highest BCUT2D eigenvalue weighted by molar-refractivity contribution is 5.93. The molecule has 1 aromatic rings. The highest BCUT2D eigenvalue weighted by Gasteiger charge is 2.19. The zero-order valence-corrected chi connectivity index (χ0v) is 9.50. The monoisotopic (exact) mass is 237 g/mol. The van der Waals surface area contributed by atoms with Gasteiger partial charge in [-0.1, -0.05) is 0 Å². The van der Waals surface area contributed by atoms with Crippen LogP contribution in [-0.4, -0.2) is 44.8 Å². The van der Waals surface area contributed by atoms with Crippen LogP contribution in [0.5, 0.6) is 0 Å². The van der Waals surface area contributed by atoms with E-state index in [1.807, 2.05) is 0 Å². The van der Waals surface area contributed by atoms with E-state index < -0.39 is 5.97 Å². The second-order valence-corrected chi connectivity index (χ2v) is 4.17. The molecule has 6 heteroatoms. The predicted molar refractivity (Wildman–Crippen MR) is 59.6 cm³/mol. The summed E-state index contributed by atoms with van der Waals surface area (Å²) in [4.78, 5) is 24.3. The SMILES string of the molecule is O=C(O)Cn1cc(C(=O)N2CCCCC2)cn1. The smallest absolute Gasteiger partial charge is 0.325 e. The fourth-order valence-electron chi connectivity index (χ4n) is 1.98. The van der Waals surface area contributed by atoms with Crippen molar-refractivity contribution < 1.29 is 14.7 Å². The van der Waals surface area contributed by atoms with Crippen LogP contribution in [0.4, 0.5) is 0 Å². The topological polar surface area (TPSA) is 75.4 Å². The molecule has 0 unspecified atom stereocenters. The average molecular weight is 237 g/mol. The minimum Gasteiger partial charge on any atom is -0.480 e. The Morgan fingerprint density at radius 3 is 2.65 bits per heavy atom. The second-order valence-electron chi connectivity index (χ2n) is 4.17. The minimum atomic E-state index is -0.968. The van der Waals surface area contributed by atoms with Gasteiger partial charge in [0.1, 0.15) is 6.54 Å². The van der Waals surface area contributed by atoms with Gasteiger partial charge in [-0.2, -0.15) is 5.10 Å². The van der Waals surface area contributed by atoms with E-state index in [1.165, 1.54) is 23.5 Å². The summed E-state index contributed by atoms with van der Waals surface area (Å²) in [6.45, 7) is 1.35. The van der Waals surface area contributed by atoms with Crippen LogP contribution in [0.3, 0.4) is 0 Å². The van der Waals surface area contributed by atoms with Gasteiger partial charge in [-0.3, -0.25) is 14.3 Å². The molecule has 0 atom stereocenters. The van der Waals surface area contributed by atoms with Gasteiger partial charge in [-0.05, 0) is 19.3 Å². The van der Waals surface area contributed by atoms with Gasteiger partial charge in [-0.25, -0.2) is 0 Å². The van der Waals surface area contributed by atoms with Gasteiger partial charge in [0.05, 0.1) is 11.8 Å². The summed E-state index contributed by atoms with van der Waals surface area (Å²) in [6, 6.07) is 0. The first kappa shape index (κ1) is 11.6. The Hall–Kier alpha value is -1.85. The number of likely N-dealkylation sites (tertiary alicyclic amines) is 1. The molecule has 0 aromatic carbocycles. The number of carboxylic acid groups (broad SMARTS) is 1. The van der Waals surface area contributed by atoms with Crippen LogP contribution >= 0.6 is 0 Å². The van der Waals surface area contributed by atoms with E-state index in [0.29, 0.717) is 5.56 Å². The van der Waals surface area contributed by atoms with Crippen LogP contribution in [0, 0.1) is 0 Å². The maximum absolute atomic E-state index is 12.0. The van der Waals surface area contributed by atoms with Gasteiger partial charge in [0, 0.05) is 19.3 Å². The molecule has 0 saturated carbocycles. The zero-order valence-electron chi connectivity index (χ0n) is 9.50. The number of carboxylic acids is 1. The molecule has 0 bridgehead atoms. The lowest BCUT2D eigenvalue weighted by molar-refractivity contribution is -0.137. The fraction of sp³-hybridized carbons (Fsp3) is 0.545. The van der Waals surface area contributed by atoms with E-state index in [-0.39, 0.29) is 12.5 Å². The molecule has 1 aliphatic rings. The van der Waals surface area contributed by atoms with Crippen molar-refractivity contribution in [1.82, 2.24) is 14.7 Å². The number of nitrogens with zero attached hydrogens (tertiary/aromatic N) is 3. The van der Waals surface area contributed by atoms with E-state index in [1.54, 1.807) is 4.90 Å². The minimum absolute atomic E-state index is 0.0543. The first-order valence-corrected chi connectivity index (χ1v) is 5.70. The van der Waals surface area contributed by atoms with E-state index in [9.17, 15) is 9.59 Å². The van der Waals surface area contributed by atoms with Crippen LogP contribution < -0.4 is 0 Å². The number of amides is 1. The molecule has 0 radical (unpaired) electrons. The molecule has 1 N–H and O–H groups in total. The number of aromatic nitrogens is 2. The molecule has 92 valence electrons. The highest BCUT2D eigenvalue weighted by Crippen LogP contribution is 2.12. The number of piperidine rings is 1.